The first-order valence-electron chi connectivity index (χ1n) is 5.96. The van der Waals surface area contributed by atoms with Crippen LogP contribution in [0.2, 0.25) is 0 Å². The van der Waals surface area contributed by atoms with Gasteiger partial charge in [-0.25, -0.2) is 0 Å². The zero-order valence-corrected chi connectivity index (χ0v) is 10.5. The van der Waals surface area contributed by atoms with Crippen LogP contribution in [0, 0.1) is 0 Å². The lowest BCUT2D eigenvalue weighted by molar-refractivity contribution is 0.353. The smallest absolute Gasteiger partial charge is 0.0359 e. The number of nitrogens with zero attached hydrogens (tertiary/aromatic N) is 1. The van der Waals surface area contributed by atoms with Crippen LogP contribution in [0.1, 0.15) is 17.5 Å². The summed E-state index contributed by atoms with van der Waals surface area (Å²) in [6.07, 6.45) is 1.31. The fourth-order valence-electron chi connectivity index (χ4n) is 2.54. The maximum atomic E-state index is 3.65. The van der Waals surface area contributed by atoms with E-state index in [-0.39, 0.29) is 0 Å². The standard InChI is InChI=1S/C13H18N2S/c1-15-7-10-2-3-12(6-11(10)8-15)14-13-4-5-16-9-13/h2-3,6,13-14H,4-5,7-9H2,1H3. The Morgan fingerprint density at radius 2 is 2.19 bits per heavy atom. The molecule has 0 bridgehead atoms. The molecule has 1 aromatic carbocycles. The summed E-state index contributed by atoms with van der Waals surface area (Å²) in [6, 6.07) is 7.54. The second kappa shape index (κ2) is 4.30. The van der Waals surface area contributed by atoms with Crippen molar-refractivity contribution in [3.63, 3.8) is 0 Å². The molecule has 0 amide bonds. The van der Waals surface area contributed by atoms with Crippen LogP contribution < -0.4 is 5.32 Å². The molecular formula is C13H18N2S. The molecular weight excluding hydrogens is 216 g/mol. The van der Waals surface area contributed by atoms with Gasteiger partial charge in [0.05, 0.1) is 0 Å². The summed E-state index contributed by atoms with van der Waals surface area (Å²) in [5.74, 6) is 2.57. The minimum absolute atomic E-state index is 0.683. The molecule has 0 radical (unpaired) electrons. The lowest BCUT2D eigenvalue weighted by Crippen LogP contribution is -2.18. The van der Waals surface area contributed by atoms with E-state index in [9.17, 15) is 0 Å². The Hall–Kier alpha value is -0.670. The first-order valence-corrected chi connectivity index (χ1v) is 7.11. The molecule has 0 aromatic heterocycles. The Balaban J connectivity index is 1.74. The molecule has 1 aromatic rings. The SMILES string of the molecule is CN1Cc2ccc(NC3CCSC3)cc2C1. The molecule has 1 atom stereocenters. The van der Waals surface area contributed by atoms with Crippen molar-refractivity contribution in [3.05, 3.63) is 29.3 Å². The summed E-state index contributed by atoms with van der Waals surface area (Å²) < 4.78 is 0. The van der Waals surface area contributed by atoms with Crippen molar-refractivity contribution >= 4 is 17.4 Å². The third-order valence-corrected chi connectivity index (χ3v) is 4.55. The van der Waals surface area contributed by atoms with Crippen LogP contribution in [0.4, 0.5) is 5.69 Å². The maximum absolute atomic E-state index is 3.65. The summed E-state index contributed by atoms with van der Waals surface area (Å²) in [7, 11) is 2.18. The van der Waals surface area contributed by atoms with E-state index in [0.29, 0.717) is 6.04 Å². The van der Waals surface area contributed by atoms with Gasteiger partial charge in [0.25, 0.3) is 0 Å². The monoisotopic (exact) mass is 234 g/mol. The number of nitrogens with one attached hydrogen (secondary N) is 1. The van der Waals surface area contributed by atoms with Gasteiger partial charge < -0.3 is 5.32 Å². The summed E-state index contributed by atoms with van der Waals surface area (Å²) in [5, 5.41) is 3.65. The van der Waals surface area contributed by atoms with E-state index in [0.717, 1.165) is 13.1 Å². The highest BCUT2D eigenvalue weighted by Crippen LogP contribution is 2.26. The highest BCUT2D eigenvalue weighted by Gasteiger charge is 2.18. The van der Waals surface area contributed by atoms with Crippen LogP contribution in [-0.4, -0.2) is 29.5 Å². The Morgan fingerprint density at radius 1 is 1.31 bits per heavy atom. The first kappa shape index (κ1) is 10.5. The second-order valence-electron chi connectivity index (χ2n) is 4.86. The highest BCUT2D eigenvalue weighted by molar-refractivity contribution is 7.99. The van der Waals surface area contributed by atoms with Crippen molar-refractivity contribution in [2.45, 2.75) is 25.6 Å². The number of fused-ring (bicyclic) bond motifs is 1. The lowest BCUT2D eigenvalue weighted by Gasteiger charge is -2.13. The predicted octanol–water partition coefficient (Wildman–Crippen LogP) is 2.55. The van der Waals surface area contributed by atoms with Crippen molar-refractivity contribution in [1.82, 2.24) is 4.90 Å². The van der Waals surface area contributed by atoms with Crippen molar-refractivity contribution in [2.75, 3.05) is 23.9 Å². The van der Waals surface area contributed by atoms with Gasteiger partial charge in [-0.2, -0.15) is 11.8 Å². The molecule has 2 aliphatic rings. The Kier molecular flexibility index (Phi) is 2.82. The minimum Gasteiger partial charge on any atom is -0.381 e. The van der Waals surface area contributed by atoms with E-state index < -0.39 is 0 Å². The molecule has 16 heavy (non-hydrogen) atoms. The molecule has 1 saturated heterocycles. The maximum Gasteiger partial charge on any atom is 0.0359 e. The number of hydrogen-bond acceptors (Lipinski definition) is 3. The molecule has 0 aliphatic carbocycles. The van der Waals surface area contributed by atoms with Gasteiger partial charge in [-0.05, 0) is 42.5 Å². The Labute approximate surface area is 101 Å². The quantitative estimate of drug-likeness (QED) is 0.846. The van der Waals surface area contributed by atoms with Crippen LogP contribution in [0.3, 0.4) is 0 Å². The lowest BCUT2D eigenvalue weighted by atomic mass is 10.1. The Morgan fingerprint density at radius 3 is 3.00 bits per heavy atom. The van der Waals surface area contributed by atoms with E-state index >= 15 is 0 Å². The summed E-state index contributed by atoms with van der Waals surface area (Å²) >= 11 is 2.06. The molecule has 1 unspecified atom stereocenters. The molecule has 2 aliphatic heterocycles. The molecule has 3 rings (SSSR count). The van der Waals surface area contributed by atoms with Gasteiger partial charge in [0.2, 0.25) is 0 Å². The van der Waals surface area contributed by atoms with E-state index in [4.69, 9.17) is 0 Å². The van der Waals surface area contributed by atoms with Gasteiger partial charge in [0.1, 0.15) is 0 Å². The summed E-state index contributed by atoms with van der Waals surface area (Å²) in [5.41, 5.74) is 4.30. The molecule has 1 N–H and O–H groups in total. The van der Waals surface area contributed by atoms with Crippen molar-refractivity contribution in [1.29, 1.82) is 0 Å². The van der Waals surface area contributed by atoms with E-state index in [2.05, 4.69) is 47.2 Å². The van der Waals surface area contributed by atoms with Crippen molar-refractivity contribution in [3.8, 4) is 0 Å². The normalized spacial score (nSPS) is 24.7. The van der Waals surface area contributed by atoms with E-state index in [1.807, 2.05) is 0 Å². The zero-order chi connectivity index (χ0) is 11.0. The summed E-state index contributed by atoms with van der Waals surface area (Å²) in [6.45, 7) is 2.21. The molecule has 0 saturated carbocycles. The van der Waals surface area contributed by atoms with E-state index in [1.165, 1.54) is 34.7 Å². The Bertz CT molecular complexity index is 386. The first-order chi connectivity index (χ1) is 7.81. The van der Waals surface area contributed by atoms with Crippen LogP contribution in [-0.2, 0) is 13.1 Å². The topological polar surface area (TPSA) is 15.3 Å². The second-order valence-corrected chi connectivity index (χ2v) is 6.01. The van der Waals surface area contributed by atoms with Crippen molar-refractivity contribution < 1.29 is 0 Å². The third kappa shape index (κ3) is 2.06. The van der Waals surface area contributed by atoms with Crippen LogP contribution in [0.5, 0.6) is 0 Å². The predicted molar refractivity (Wildman–Crippen MR) is 71.0 cm³/mol. The van der Waals surface area contributed by atoms with Gasteiger partial charge in [-0.15, -0.1) is 0 Å². The van der Waals surface area contributed by atoms with Gasteiger partial charge >= 0.3 is 0 Å². The molecule has 3 heteroatoms. The molecule has 2 heterocycles. The molecule has 2 nitrogen and oxygen atoms in total. The fraction of sp³-hybridized carbons (Fsp3) is 0.538. The highest BCUT2D eigenvalue weighted by atomic mass is 32.2. The average Bonchev–Trinajstić information content (AvgIpc) is 2.85. The molecule has 1 fully saturated rings. The largest absolute Gasteiger partial charge is 0.381 e. The summed E-state index contributed by atoms with van der Waals surface area (Å²) in [4.78, 5) is 2.36. The van der Waals surface area contributed by atoms with Gasteiger partial charge in [0.15, 0.2) is 0 Å². The van der Waals surface area contributed by atoms with Crippen molar-refractivity contribution in [2.24, 2.45) is 0 Å². The third-order valence-electron chi connectivity index (χ3n) is 3.39. The average molecular weight is 234 g/mol. The fourth-order valence-corrected chi connectivity index (χ4v) is 3.69. The number of thioether (sulfide) groups is 1. The van der Waals surface area contributed by atoms with E-state index in [1.54, 1.807) is 0 Å². The number of anilines is 1. The molecule has 0 spiro atoms. The number of hydrogen-bond donors (Lipinski definition) is 1. The van der Waals surface area contributed by atoms with Crippen LogP contribution in [0.25, 0.3) is 0 Å². The van der Waals surface area contributed by atoms with Gasteiger partial charge in [-0.3, -0.25) is 4.90 Å². The number of benzene rings is 1. The number of rotatable bonds is 2. The van der Waals surface area contributed by atoms with Gasteiger partial charge in [0, 0.05) is 30.6 Å². The van der Waals surface area contributed by atoms with Crippen LogP contribution in [0.15, 0.2) is 18.2 Å². The molecule has 86 valence electrons. The zero-order valence-electron chi connectivity index (χ0n) is 9.70. The van der Waals surface area contributed by atoms with Gasteiger partial charge in [-0.1, -0.05) is 6.07 Å². The minimum atomic E-state index is 0.683. The van der Waals surface area contributed by atoms with Crippen LogP contribution >= 0.6 is 11.8 Å².